The highest BCUT2D eigenvalue weighted by Crippen LogP contribution is 2.55. The summed E-state index contributed by atoms with van der Waals surface area (Å²) >= 11 is 0. The molecule has 1 aromatic rings. The van der Waals surface area contributed by atoms with Crippen LogP contribution in [0.5, 0.6) is 0 Å². The summed E-state index contributed by atoms with van der Waals surface area (Å²) in [4.78, 5) is 26.4. The van der Waals surface area contributed by atoms with Crippen molar-refractivity contribution in [2.24, 2.45) is 0 Å². The number of nitrogens with zero attached hydrogens (tertiary/aromatic N) is 3. The van der Waals surface area contributed by atoms with Gasteiger partial charge in [0.05, 0.1) is 38.7 Å². The Morgan fingerprint density at radius 3 is 2.33 bits per heavy atom. The molecule has 1 N–H and O–H groups in total. The van der Waals surface area contributed by atoms with E-state index >= 15 is 8.78 Å². The Morgan fingerprint density at radius 2 is 1.83 bits per heavy atom. The van der Waals surface area contributed by atoms with E-state index < -0.39 is 58.2 Å². The van der Waals surface area contributed by atoms with Gasteiger partial charge < -0.3 is 27.6 Å². The number of hydrogen-bond acceptors (Lipinski definition) is 11. The number of methoxy groups -OCH3 is 1. The molecule has 0 amide bonds. The Hall–Kier alpha value is -2.17. The van der Waals surface area contributed by atoms with Crippen LogP contribution < -0.4 is 11.2 Å². The number of halogens is 2. The fourth-order valence-corrected chi connectivity index (χ4v) is 7.68. The first-order chi connectivity index (χ1) is 19.7. The van der Waals surface area contributed by atoms with Crippen LogP contribution in [0.15, 0.2) is 33.4 Å². The lowest BCUT2D eigenvalue weighted by Gasteiger charge is -2.36. The van der Waals surface area contributed by atoms with Gasteiger partial charge in [-0.3, -0.25) is 18.9 Å². The number of alkyl halides is 2. The Kier molecular flexibility index (Phi) is 13.8. The molecule has 0 spiro atoms. The van der Waals surface area contributed by atoms with Crippen molar-refractivity contribution in [2.45, 2.75) is 84.7 Å². The fourth-order valence-electron chi connectivity index (χ4n) is 4.30. The van der Waals surface area contributed by atoms with Crippen LogP contribution in [-0.2, 0) is 32.1 Å². The molecule has 0 radical (unpaired) electrons. The first kappa shape index (κ1) is 36.0. The van der Waals surface area contributed by atoms with E-state index in [1.54, 1.807) is 0 Å². The second-order valence-corrected chi connectivity index (χ2v) is 13.2. The van der Waals surface area contributed by atoms with Gasteiger partial charge in [-0.15, -0.1) is 0 Å². The third kappa shape index (κ3) is 9.67. The lowest BCUT2D eigenvalue weighted by Crippen LogP contribution is -2.37. The molecule has 0 saturated carbocycles. The number of hydrogen-bond donors (Lipinski definition) is 1. The highest BCUT2D eigenvalue weighted by molar-refractivity contribution is 7.53. The van der Waals surface area contributed by atoms with E-state index in [4.69, 9.17) is 32.8 Å². The summed E-state index contributed by atoms with van der Waals surface area (Å²) in [6.07, 6.45) is -3.70. The minimum absolute atomic E-state index is 0.00409. The van der Waals surface area contributed by atoms with Gasteiger partial charge in [0.15, 0.2) is 11.9 Å². The van der Waals surface area contributed by atoms with Gasteiger partial charge in [-0.1, -0.05) is 0 Å². The van der Waals surface area contributed by atoms with Crippen LogP contribution in [0.3, 0.4) is 0 Å². The molecule has 2 unspecified atom stereocenters. The molecule has 238 valence electrons. The maximum Gasteiger partial charge on any atom is 0.336 e. The number of nitrogens with one attached hydrogen (secondary N) is 1. The number of nitriles is 1. The SMILES string of the molecule is CCOP(=O)(CC(F)(F)CC1=C(OP(OCCC#N)N(C(C)C)C(C)C)C(OC)[C@H](n2ccc(=O)[nH]c2=O)O1)OCC. The van der Waals surface area contributed by atoms with Crippen LogP contribution in [0.2, 0.25) is 0 Å². The molecule has 42 heavy (non-hydrogen) atoms. The number of ether oxygens (including phenoxy) is 2. The molecule has 1 aliphatic rings. The molecule has 13 nitrogen and oxygen atoms in total. The van der Waals surface area contributed by atoms with Crippen molar-refractivity contribution in [3.05, 3.63) is 44.6 Å². The Bertz CT molecular complexity index is 1250. The molecular formula is C25H40F2N4O9P2. The predicted molar refractivity (Wildman–Crippen MR) is 151 cm³/mol. The van der Waals surface area contributed by atoms with E-state index in [0.717, 1.165) is 16.8 Å². The average molecular weight is 641 g/mol. The summed E-state index contributed by atoms with van der Waals surface area (Å²) in [7, 11) is -4.88. The smallest absolute Gasteiger partial charge is 0.336 e. The van der Waals surface area contributed by atoms with E-state index in [9.17, 15) is 14.2 Å². The molecule has 1 aromatic heterocycles. The third-order valence-electron chi connectivity index (χ3n) is 5.77. The molecule has 1 aliphatic heterocycles. The molecule has 0 fully saturated rings. The van der Waals surface area contributed by atoms with E-state index in [1.807, 2.05) is 38.4 Å². The Balaban J connectivity index is 2.62. The summed E-state index contributed by atoms with van der Waals surface area (Å²) in [6, 6.07) is 2.83. The monoisotopic (exact) mass is 640 g/mol. The van der Waals surface area contributed by atoms with Crippen molar-refractivity contribution >= 4 is 16.1 Å². The molecule has 0 aromatic carbocycles. The van der Waals surface area contributed by atoms with Gasteiger partial charge in [0.1, 0.15) is 11.9 Å². The number of rotatable bonds is 18. The van der Waals surface area contributed by atoms with E-state index in [-0.39, 0.29) is 49.8 Å². The molecule has 0 saturated heterocycles. The van der Waals surface area contributed by atoms with Gasteiger partial charge in [0, 0.05) is 31.5 Å². The molecule has 2 rings (SSSR count). The van der Waals surface area contributed by atoms with Crippen molar-refractivity contribution in [1.29, 1.82) is 5.26 Å². The van der Waals surface area contributed by atoms with Crippen molar-refractivity contribution in [3.63, 3.8) is 0 Å². The largest absolute Gasteiger partial charge is 0.467 e. The zero-order valence-corrected chi connectivity index (χ0v) is 26.7. The first-order valence-electron chi connectivity index (χ1n) is 13.5. The summed E-state index contributed by atoms with van der Waals surface area (Å²) in [6.45, 7) is 10.4. The maximum atomic E-state index is 15.6. The molecule has 2 heterocycles. The number of aromatic amines is 1. The number of aromatic nitrogens is 2. The third-order valence-corrected chi connectivity index (χ3v) is 9.98. The van der Waals surface area contributed by atoms with Crippen LogP contribution >= 0.6 is 16.1 Å². The summed E-state index contributed by atoms with van der Waals surface area (Å²) in [5.74, 6) is -4.22. The standard InChI is InChI=1S/C25H40F2N4O9P2/c1-8-37-42(34,38-9-2)16-25(26,27)15-19-21(40-41(36-14-10-12-28)31(17(3)4)18(5)6)22(35-7)23(39-19)30-13-11-20(32)29-24(30)33/h11,13,17-18,22-23H,8-10,14-16H2,1-7H3,(H,29,32,33)/t22?,23-,41?/m1/s1. The topological polar surface area (TPSA) is 154 Å². The lowest BCUT2D eigenvalue weighted by molar-refractivity contribution is -0.0472. The average Bonchev–Trinajstić information content (AvgIpc) is 3.18. The normalized spacial score (nSPS) is 18.5. The second kappa shape index (κ2) is 16.1. The van der Waals surface area contributed by atoms with Gasteiger partial charge in [-0.05, 0) is 41.5 Å². The van der Waals surface area contributed by atoms with Crippen LogP contribution in [0, 0.1) is 11.3 Å². The van der Waals surface area contributed by atoms with Crippen molar-refractivity contribution < 1.29 is 40.9 Å². The van der Waals surface area contributed by atoms with Crippen molar-refractivity contribution in [1.82, 2.24) is 14.2 Å². The summed E-state index contributed by atoms with van der Waals surface area (Å²) in [5, 5.41) is 9.03. The van der Waals surface area contributed by atoms with Gasteiger partial charge in [0.2, 0.25) is 6.23 Å². The van der Waals surface area contributed by atoms with Crippen LogP contribution in [0.4, 0.5) is 8.78 Å². The van der Waals surface area contributed by atoms with Crippen LogP contribution in [0.25, 0.3) is 0 Å². The minimum atomic E-state index is -4.17. The lowest BCUT2D eigenvalue weighted by atomic mass is 10.2. The maximum absolute atomic E-state index is 15.6. The van der Waals surface area contributed by atoms with Gasteiger partial charge >= 0.3 is 21.8 Å². The van der Waals surface area contributed by atoms with Crippen molar-refractivity contribution in [2.75, 3.05) is 33.1 Å². The van der Waals surface area contributed by atoms with E-state index in [0.29, 0.717) is 0 Å². The Labute approximate surface area is 245 Å². The predicted octanol–water partition coefficient (Wildman–Crippen LogP) is 4.88. The second-order valence-electron chi connectivity index (χ2n) is 9.74. The molecule has 17 heteroatoms. The highest BCUT2D eigenvalue weighted by atomic mass is 31.2. The van der Waals surface area contributed by atoms with E-state index in [2.05, 4.69) is 4.98 Å². The van der Waals surface area contributed by atoms with Crippen LogP contribution in [0.1, 0.15) is 60.6 Å². The highest BCUT2D eigenvalue weighted by Gasteiger charge is 2.49. The number of H-pyrrole nitrogens is 1. The zero-order chi connectivity index (χ0) is 31.7. The van der Waals surface area contributed by atoms with Gasteiger partial charge in [-0.2, -0.15) is 5.26 Å². The van der Waals surface area contributed by atoms with Gasteiger partial charge in [0.25, 0.3) is 11.5 Å². The summed E-state index contributed by atoms with van der Waals surface area (Å²) < 4.78 is 80.8. The minimum Gasteiger partial charge on any atom is -0.467 e. The van der Waals surface area contributed by atoms with Gasteiger partial charge in [-0.25, -0.2) is 18.2 Å². The zero-order valence-electron chi connectivity index (χ0n) is 24.9. The molecule has 0 aliphatic carbocycles. The first-order valence-corrected chi connectivity index (χ1v) is 16.3. The molecule has 3 atom stereocenters. The quantitative estimate of drug-likeness (QED) is 0.173. The van der Waals surface area contributed by atoms with Crippen LogP contribution in [-0.4, -0.2) is 71.4 Å². The Morgan fingerprint density at radius 1 is 1.21 bits per heavy atom. The fraction of sp³-hybridized carbons (Fsp3) is 0.720. The summed E-state index contributed by atoms with van der Waals surface area (Å²) in [5.41, 5.74) is -1.53. The van der Waals surface area contributed by atoms with Crippen molar-refractivity contribution in [3.8, 4) is 6.07 Å². The molecular weight excluding hydrogens is 600 g/mol. The molecule has 0 bridgehead atoms. The van der Waals surface area contributed by atoms with E-state index in [1.165, 1.54) is 21.0 Å². The number of allylic oxidation sites excluding steroid dienone is 1.